The van der Waals surface area contributed by atoms with E-state index >= 15 is 0 Å². The molecule has 0 unspecified atom stereocenters. The molecule has 0 saturated carbocycles. The van der Waals surface area contributed by atoms with Gasteiger partial charge in [0.25, 0.3) is 5.56 Å². The molecule has 1 aromatic carbocycles. The molecule has 0 bridgehead atoms. The van der Waals surface area contributed by atoms with Crippen LogP contribution in [0.1, 0.15) is 0 Å². The van der Waals surface area contributed by atoms with E-state index in [1.165, 1.54) is 11.6 Å². The van der Waals surface area contributed by atoms with Crippen LogP contribution in [0, 0.1) is 0 Å². The quantitative estimate of drug-likeness (QED) is 0.517. The van der Waals surface area contributed by atoms with Gasteiger partial charge in [0.15, 0.2) is 0 Å². The Bertz CT molecular complexity index is 1300. The van der Waals surface area contributed by atoms with Crippen molar-refractivity contribution >= 4 is 34.1 Å². The summed E-state index contributed by atoms with van der Waals surface area (Å²) in [5.41, 5.74) is 0.872. The summed E-state index contributed by atoms with van der Waals surface area (Å²) in [5.74, 6) is 0.601. The number of hydrogen-bond acceptors (Lipinski definition) is 3. The first-order chi connectivity index (χ1) is 12.9. The number of hydrogen-bond donors (Lipinski definition) is 0. The lowest BCUT2D eigenvalue weighted by Crippen LogP contribution is -2.36. The molecule has 8 heteroatoms. The Labute approximate surface area is 163 Å². The van der Waals surface area contributed by atoms with Crippen molar-refractivity contribution in [3.63, 3.8) is 0 Å². The van der Waals surface area contributed by atoms with E-state index < -0.39 is 11.2 Å². The van der Waals surface area contributed by atoms with Crippen LogP contribution in [0.25, 0.3) is 28.0 Å². The van der Waals surface area contributed by atoms with E-state index in [0.29, 0.717) is 38.0 Å². The molecule has 0 fully saturated rings. The largest absolute Gasteiger partial charge is 0.330 e. The van der Waals surface area contributed by atoms with Crippen LogP contribution in [-0.2, 0) is 14.1 Å². The first-order valence-corrected chi connectivity index (χ1v) is 8.83. The highest BCUT2D eigenvalue weighted by molar-refractivity contribution is 6.36. The molecule has 0 aliphatic carbocycles. The lowest BCUT2D eigenvalue weighted by molar-refractivity contribution is 0.714. The van der Waals surface area contributed by atoms with Crippen molar-refractivity contribution in [1.29, 1.82) is 0 Å². The first kappa shape index (κ1) is 17.6. The SMILES string of the molecule is Cn1c(=O)c2c(-c3ccc(Cl)cc3Cl)n(-c3ccccn3)cc2n(C)c1=O. The molecular formula is C19H14Cl2N4O2. The summed E-state index contributed by atoms with van der Waals surface area (Å²) in [4.78, 5) is 29.7. The van der Waals surface area contributed by atoms with Gasteiger partial charge >= 0.3 is 5.69 Å². The Morgan fingerprint density at radius 3 is 2.44 bits per heavy atom. The van der Waals surface area contributed by atoms with E-state index in [4.69, 9.17) is 23.2 Å². The van der Waals surface area contributed by atoms with Crippen LogP contribution in [0.15, 0.2) is 58.4 Å². The number of benzene rings is 1. The predicted octanol–water partition coefficient (Wildman–Crippen LogP) is 3.40. The van der Waals surface area contributed by atoms with E-state index in [2.05, 4.69) is 4.98 Å². The fraction of sp³-hybridized carbons (Fsp3) is 0.105. The van der Waals surface area contributed by atoms with Crippen LogP contribution >= 0.6 is 23.2 Å². The van der Waals surface area contributed by atoms with Crippen molar-refractivity contribution in [2.75, 3.05) is 0 Å². The maximum atomic E-state index is 13.0. The van der Waals surface area contributed by atoms with E-state index in [9.17, 15) is 9.59 Å². The van der Waals surface area contributed by atoms with Gasteiger partial charge in [0.2, 0.25) is 0 Å². The monoisotopic (exact) mass is 400 g/mol. The second-order valence-electron chi connectivity index (χ2n) is 6.13. The van der Waals surface area contributed by atoms with Crippen molar-refractivity contribution in [3.8, 4) is 17.1 Å². The second kappa shape index (κ2) is 6.40. The summed E-state index contributed by atoms with van der Waals surface area (Å²) in [6.07, 6.45) is 3.38. The van der Waals surface area contributed by atoms with Crippen LogP contribution in [-0.4, -0.2) is 18.7 Å². The van der Waals surface area contributed by atoms with Crippen molar-refractivity contribution < 1.29 is 0 Å². The summed E-state index contributed by atoms with van der Waals surface area (Å²) >= 11 is 12.5. The molecule has 0 aliphatic rings. The molecule has 4 aromatic rings. The minimum Gasteiger partial charge on any atom is -0.298 e. The minimum atomic E-state index is -0.403. The highest BCUT2D eigenvalue weighted by Gasteiger charge is 2.22. The average molecular weight is 401 g/mol. The zero-order chi connectivity index (χ0) is 19.3. The number of fused-ring (bicyclic) bond motifs is 1. The smallest absolute Gasteiger partial charge is 0.298 e. The molecule has 136 valence electrons. The van der Waals surface area contributed by atoms with Crippen LogP contribution < -0.4 is 11.2 Å². The molecule has 0 amide bonds. The number of halogens is 2. The minimum absolute atomic E-state index is 0.384. The summed E-state index contributed by atoms with van der Waals surface area (Å²) < 4.78 is 4.28. The van der Waals surface area contributed by atoms with Gasteiger partial charge in [0.1, 0.15) is 5.82 Å². The van der Waals surface area contributed by atoms with E-state index in [1.807, 2.05) is 12.1 Å². The summed E-state index contributed by atoms with van der Waals surface area (Å²) in [6.45, 7) is 0. The number of nitrogens with zero attached hydrogens (tertiary/aromatic N) is 4. The maximum Gasteiger partial charge on any atom is 0.330 e. The molecule has 6 nitrogen and oxygen atoms in total. The molecule has 0 saturated heterocycles. The zero-order valence-electron chi connectivity index (χ0n) is 14.5. The first-order valence-electron chi connectivity index (χ1n) is 8.08. The number of aryl methyl sites for hydroxylation is 1. The van der Waals surface area contributed by atoms with Gasteiger partial charge in [0.05, 0.1) is 21.6 Å². The molecule has 3 heterocycles. The average Bonchev–Trinajstić information content (AvgIpc) is 3.06. The fourth-order valence-electron chi connectivity index (χ4n) is 3.16. The van der Waals surface area contributed by atoms with E-state index in [1.54, 1.807) is 48.3 Å². The normalized spacial score (nSPS) is 11.3. The number of rotatable bonds is 2. The van der Waals surface area contributed by atoms with Crippen LogP contribution in [0.5, 0.6) is 0 Å². The van der Waals surface area contributed by atoms with Crippen molar-refractivity contribution in [2.45, 2.75) is 0 Å². The Morgan fingerprint density at radius 2 is 1.78 bits per heavy atom. The highest BCUT2D eigenvalue weighted by atomic mass is 35.5. The summed E-state index contributed by atoms with van der Waals surface area (Å²) in [5, 5.41) is 1.27. The van der Waals surface area contributed by atoms with Crippen molar-refractivity contribution in [2.24, 2.45) is 14.1 Å². The van der Waals surface area contributed by atoms with Gasteiger partial charge in [-0.15, -0.1) is 0 Å². The molecule has 0 aliphatic heterocycles. The van der Waals surface area contributed by atoms with Crippen LogP contribution in [0.2, 0.25) is 10.0 Å². The lowest BCUT2D eigenvalue weighted by atomic mass is 10.1. The molecule has 0 spiro atoms. The highest BCUT2D eigenvalue weighted by Crippen LogP contribution is 2.36. The third kappa shape index (κ3) is 2.69. The summed E-state index contributed by atoms with van der Waals surface area (Å²) in [6, 6.07) is 10.5. The maximum absolute atomic E-state index is 13.0. The van der Waals surface area contributed by atoms with Gasteiger partial charge in [-0.25, -0.2) is 9.78 Å². The number of aromatic nitrogens is 4. The van der Waals surface area contributed by atoms with Gasteiger partial charge in [0, 0.05) is 37.1 Å². The van der Waals surface area contributed by atoms with E-state index in [0.717, 1.165) is 4.57 Å². The van der Waals surface area contributed by atoms with Crippen LogP contribution in [0.3, 0.4) is 0 Å². The Balaban J connectivity index is 2.24. The second-order valence-corrected chi connectivity index (χ2v) is 6.97. The Hall–Kier alpha value is -2.83. The third-order valence-electron chi connectivity index (χ3n) is 4.52. The molecule has 3 aromatic heterocycles. The molecule has 4 rings (SSSR count). The Morgan fingerprint density at radius 1 is 1.00 bits per heavy atom. The molecule has 0 radical (unpaired) electrons. The van der Waals surface area contributed by atoms with Crippen molar-refractivity contribution in [3.05, 3.63) is 79.7 Å². The molecular weight excluding hydrogens is 387 g/mol. The topological polar surface area (TPSA) is 61.8 Å². The van der Waals surface area contributed by atoms with Gasteiger partial charge < -0.3 is 0 Å². The zero-order valence-corrected chi connectivity index (χ0v) is 16.0. The van der Waals surface area contributed by atoms with Gasteiger partial charge in [-0.2, -0.15) is 0 Å². The number of pyridine rings is 1. The fourth-order valence-corrected chi connectivity index (χ4v) is 3.66. The summed E-state index contributed by atoms with van der Waals surface area (Å²) in [7, 11) is 3.08. The third-order valence-corrected chi connectivity index (χ3v) is 5.07. The molecule has 0 atom stereocenters. The Kier molecular flexibility index (Phi) is 4.17. The van der Waals surface area contributed by atoms with E-state index in [-0.39, 0.29) is 0 Å². The van der Waals surface area contributed by atoms with Gasteiger partial charge in [-0.3, -0.25) is 18.5 Å². The molecule has 27 heavy (non-hydrogen) atoms. The van der Waals surface area contributed by atoms with Gasteiger partial charge in [-0.05, 0) is 30.3 Å². The van der Waals surface area contributed by atoms with Crippen LogP contribution in [0.4, 0.5) is 0 Å². The molecule has 0 N–H and O–H groups in total. The standard InChI is InChI=1S/C19H14Cl2N4O2/c1-23-14-10-25(15-5-3-4-8-22-15)17(12-7-6-11(20)9-13(12)21)16(14)18(26)24(2)19(23)27/h3-10H,1-2H3. The van der Waals surface area contributed by atoms with Crippen molar-refractivity contribution in [1.82, 2.24) is 18.7 Å². The lowest BCUT2D eigenvalue weighted by Gasteiger charge is -2.11. The predicted molar refractivity (Wildman–Crippen MR) is 107 cm³/mol. The van der Waals surface area contributed by atoms with Gasteiger partial charge in [-0.1, -0.05) is 29.3 Å².